The molecule has 2 rings (SSSR count). The third kappa shape index (κ3) is 4.71. The number of nitrogens with zero attached hydrogens (tertiary/aromatic N) is 2. The fraction of sp³-hybridized carbons (Fsp3) is 0.929. The highest BCUT2D eigenvalue weighted by Gasteiger charge is 2.40. The first-order valence-corrected chi connectivity index (χ1v) is 7.69. The first-order chi connectivity index (χ1) is 10.7. The van der Waals surface area contributed by atoms with Crippen molar-refractivity contribution in [3.05, 3.63) is 0 Å². The maximum Gasteiger partial charge on any atom is 0.401 e. The van der Waals surface area contributed by atoms with Gasteiger partial charge in [-0.1, -0.05) is 0 Å². The molecule has 9 heteroatoms. The van der Waals surface area contributed by atoms with E-state index in [1.165, 1.54) is 4.90 Å². The number of nitrogens with one attached hydrogen (secondary N) is 1. The number of carbonyl (C=O) groups excluding carboxylic acids is 1. The molecule has 2 amide bonds. The molecule has 23 heavy (non-hydrogen) atoms. The SMILES string of the molecule is CO[C@@H]1COC[C@@H]1NC(=O)N1C[C@@H](C)N(CC(F)(F)F)[C@@H](C)C1. The van der Waals surface area contributed by atoms with E-state index in [4.69, 9.17) is 9.47 Å². The van der Waals surface area contributed by atoms with E-state index in [0.29, 0.717) is 13.2 Å². The number of methoxy groups -OCH3 is 1. The lowest BCUT2D eigenvalue weighted by Gasteiger charge is -2.44. The van der Waals surface area contributed by atoms with E-state index in [2.05, 4.69) is 5.32 Å². The fourth-order valence-corrected chi connectivity index (χ4v) is 3.19. The average Bonchev–Trinajstić information content (AvgIpc) is 2.88. The zero-order valence-corrected chi connectivity index (χ0v) is 13.6. The van der Waals surface area contributed by atoms with Crippen molar-refractivity contribution >= 4 is 6.03 Å². The zero-order chi connectivity index (χ0) is 17.2. The first-order valence-electron chi connectivity index (χ1n) is 7.69. The Kier molecular flexibility index (Phi) is 5.74. The van der Waals surface area contributed by atoms with Crippen molar-refractivity contribution in [2.75, 3.05) is 40.0 Å². The summed E-state index contributed by atoms with van der Waals surface area (Å²) in [5, 5.41) is 2.85. The summed E-state index contributed by atoms with van der Waals surface area (Å²) in [6, 6.07) is -1.23. The monoisotopic (exact) mass is 339 g/mol. The van der Waals surface area contributed by atoms with E-state index < -0.39 is 12.7 Å². The average molecular weight is 339 g/mol. The highest BCUT2D eigenvalue weighted by Crippen LogP contribution is 2.23. The molecule has 2 aliphatic heterocycles. The first kappa shape index (κ1) is 18.3. The van der Waals surface area contributed by atoms with Crippen molar-refractivity contribution in [1.29, 1.82) is 0 Å². The van der Waals surface area contributed by atoms with Crippen LogP contribution in [-0.4, -0.2) is 86.2 Å². The van der Waals surface area contributed by atoms with Crippen LogP contribution in [0.2, 0.25) is 0 Å². The van der Waals surface area contributed by atoms with Gasteiger partial charge in [-0.05, 0) is 13.8 Å². The molecular weight excluding hydrogens is 315 g/mol. The number of amides is 2. The minimum Gasteiger partial charge on any atom is -0.377 e. The van der Waals surface area contributed by atoms with Crippen LogP contribution >= 0.6 is 0 Å². The summed E-state index contributed by atoms with van der Waals surface area (Å²) in [5.41, 5.74) is 0. The van der Waals surface area contributed by atoms with Crippen LogP contribution in [0.4, 0.5) is 18.0 Å². The van der Waals surface area contributed by atoms with Crippen LogP contribution in [0, 0.1) is 0 Å². The van der Waals surface area contributed by atoms with Crippen LogP contribution in [-0.2, 0) is 9.47 Å². The summed E-state index contributed by atoms with van der Waals surface area (Å²) in [5.74, 6) is 0. The van der Waals surface area contributed by atoms with Crippen molar-refractivity contribution in [2.45, 2.75) is 44.3 Å². The van der Waals surface area contributed by atoms with Gasteiger partial charge >= 0.3 is 12.2 Å². The Morgan fingerprint density at radius 2 is 1.87 bits per heavy atom. The van der Waals surface area contributed by atoms with Gasteiger partial charge in [0, 0.05) is 32.3 Å². The largest absolute Gasteiger partial charge is 0.401 e. The van der Waals surface area contributed by atoms with Crippen LogP contribution in [0.3, 0.4) is 0 Å². The third-order valence-electron chi connectivity index (χ3n) is 4.39. The molecule has 2 heterocycles. The maximum absolute atomic E-state index is 12.6. The molecular formula is C14H24F3N3O3. The Morgan fingerprint density at radius 1 is 1.26 bits per heavy atom. The minimum atomic E-state index is -4.24. The molecule has 0 aromatic heterocycles. The second kappa shape index (κ2) is 7.23. The lowest BCUT2D eigenvalue weighted by atomic mass is 10.1. The Hall–Kier alpha value is -1.06. The van der Waals surface area contributed by atoms with Crippen LogP contribution in [0.25, 0.3) is 0 Å². The van der Waals surface area contributed by atoms with Gasteiger partial charge < -0.3 is 19.7 Å². The second-order valence-electron chi connectivity index (χ2n) is 6.26. The number of hydrogen-bond donors (Lipinski definition) is 1. The summed E-state index contributed by atoms with van der Waals surface area (Å²) in [6.07, 6.45) is -4.43. The molecule has 4 atom stereocenters. The maximum atomic E-state index is 12.6. The van der Waals surface area contributed by atoms with Crippen molar-refractivity contribution in [3.8, 4) is 0 Å². The predicted molar refractivity (Wildman–Crippen MR) is 77.2 cm³/mol. The van der Waals surface area contributed by atoms with Crippen molar-refractivity contribution in [1.82, 2.24) is 15.1 Å². The van der Waals surface area contributed by atoms with E-state index in [0.717, 1.165) is 0 Å². The molecule has 0 aliphatic carbocycles. The van der Waals surface area contributed by atoms with Crippen LogP contribution in [0.5, 0.6) is 0 Å². The Morgan fingerprint density at radius 3 is 2.39 bits per heavy atom. The van der Waals surface area contributed by atoms with Crippen LogP contribution in [0.15, 0.2) is 0 Å². The van der Waals surface area contributed by atoms with Gasteiger partial charge in [0.15, 0.2) is 0 Å². The van der Waals surface area contributed by atoms with Gasteiger partial charge in [-0.25, -0.2) is 4.79 Å². The molecule has 2 fully saturated rings. The van der Waals surface area contributed by atoms with Gasteiger partial charge in [0.25, 0.3) is 0 Å². The van der Waals surface area contributed by atoms with Crippen molar-refractivity contribution in [2.24, 2.45) is 0 Å². The van der Waals surface area contributed by atoms with Crippen molar-refractivity contribution < 1.29 is 27.4 Å². The van der Waals surface area contributed by atoms with Gasteiger partial charge in [0.05, 0.1) is 25.8 Å². The van der Waals surface area contributed by atoms with Crippen molar-refractivity contribution in [3.63, 3.8) is 0 Å². The summed E-state index contributed by atoms with van der Waals surface area (Å²) in [6.45, 7) is 3.79. The summed E-state index contributed by atoms with van der Waals surface area (Å²) in [4.78, 5) is 15.3. The Labute approximate surface area is 133 Å². The normalized spacial score (nSPS) is 33.0. The van der Waals surface area contributed by atoms with Crippen LogP contribution < -0.4 is 5.32 Å². The molecule has 0 aromatic carbocycles. The number of ether oxygens (including phenoxy) is 2. The smallest absolute Gasteiger partial charge is 0.377 e. The molecule has 2 saturated heterocycles. The molecule has 0 radical (unpaired) electrons. The van der Waals surface area contributed by atoms with Gasteiger partial charge in [0.2, 0.25) is 0 Å². The number of piperazine rings is 1. The molecule has 0 unspecified atom stereocenters. The minimum absolute atomic E-state index is 0.194. The summed E-state index contributed by atoms with van der Waals surface area (Å²) in [7, 11) is 1.55. The van der Waals surface area contributed by atoms with Gasteiger partial charge in [-0.15, -0.1) is 0 Å². The molecule has 1 N–H and O–H groups in total. The highest BCUT2D eigenvalue weighted by atomic mass is 19.4. The van der Waals surface area contributed by atoms with Crippen LogP contribution in [0.1, 0.15) is 13.8 Å². The molecule has 0 bridgehead atoms. The Bertz CT molecular complexity index is 410. The lowest BCUT2D eigenvalue weighted by Crippen LogP contribution is -2.62. The topological polar surface area (TPSA) is 54.0 Å². The molecule has 6 nitrogen and oxygen atoms in total. The predicted octanol–water partition coefficient (Wildman–Crippen LogP) is 1.07. The number of carbonyl (C=O) groups is 1. The quantitative estimate of drug-likeness (QED) is 0.836. The van der Waals surface area contributed by atoms with Gasteiger partial charge in [-0.3, -0.25) is 4.90 Å². The number of hydrogen-bond acceptors (Lipinski definition) is 4. The molecule has 0 aromatic rings. The molecule has 2 aliphatic rings. The van der Waals surface area contributed by atoms with E-state index >= 15 is 0 Å². The second-order valence-corrected chi connectivity index (χ2v) is 6.26. The molecule has 134 valence electrons. The third-order valence-corrected chi connectivity index (χ3v) is 4.39. The standard InChI is InChI=1S/C14H24F3N3O3/c1-9-4-19(5-10(2)20(9)8-14(15,16)17)13(21)18-11-6-23-7-12(11)22-3/h9-12H,4-8H2,1-3H3,(H,18,21)/t9-,10+,11-,12+/m0/s1. The van der Waals surface area contributed by atoms with E-state index in [-0.39, 0.29) is 43.4 Å². The number of urea groups is 1. The fourth-order valence-electron chi connectivity index (χ4n) is 3.19. The molecule has 0 spiro atoms. The highest BCUT2D eigenvalue weighted by molar-refractivity contribution is 5.75. The zero-order valence-electron chi connectivity index (χ0n) is 13.6. The van der Waals surface area contributed by atoms with E-state index in [1.807, 2.05) is 0 Å². The lowest BCUT2D eigenvalue weighted by molar-refractivity contribution is -0.160. The number of rotatable bonds is 3. The Balaban J connectivity index is 1.91. The summed E-state index contributed by atoms with van der Waals surface area (Å²) >= 11 is 0. The number of alkyl halides is 3. The summed E-state index contributed by atoms with van der Waals surface area (Å²) < 4.78 is 48.4. The molecule has 0 saturated carbocycles. The van der Waals surface area contributed by atoms with E-state index in [9.17, 15) is 18.0 Å². The van der Waals surface area contributed by atoms with Gasteiger partial charge in [-0.2, -0.15) is 13.2 Å². The van der Waals surface area contributed by atoms with E-state index in [1.54, 1.807) is 25.9 Å². The van der Waals surface area contributed by atoms with Gasteiger partial charge in [0.1, 0.15) is 6.10 Å². The number of halogens is 3.